The van der Waals surface area contributed by atoms with Crippen LogP contribution in [0.2, 0.25) is 0 Å². The predicted octanol–water partition coefficient (Wildman–Crippen LogP) is 3.05. The fourth-order valence-electron chi connectivity index (χ4n) is 2.35. The highest BCUT2D eigenvalue weighted by Gasteiger charge is 2.16. The maximum absolute atomic E-state index is 10.6. The third-order valence-corrected chi connectivity index (χ3v) is 3.23. The average Bonchev–Trinajstić information content (AvgIpc) is 2.65. The average molecular weight is 206 g/mol. The number of aromatic nitrogens is 2. The number of hydrogen-bond acceptors (Lipinski definition) is 2. The molecule has 82 valence electrons. The number of nitrogens with zero attached hydrogens (tertiary/aromatic N) is 1. The first kappa shape index (κ1) is 10.4. The highest BCUT2D eigenvalue weighted by atomic mass is 16.1. The molecular weight excluding hydrogens is 188 g/mol. The first-order chi connectivity index (χ1) is 7.40. The number of hydrogen-bond donors (Lipinski definition) is 1. The van der Waals surface area contributed by atoms with E-state index >= 15 is 0 Å². The molecule has 2 rings (SSSR count). The summed E-state index contributed by atoms with van der Waals surface area (Å²) in [7, 11) is 0. The highest BCUT2D eigenvalue weighted by Crippen LogP contribution is 2.28. The van der Waals surface area contributed by atoms with Crippen LogP contribution in [-0.2, 0) is 0 Å². The van der Waals surface area contributed by atoms with E-state index in [1.54, 1.807) is 6.20 Å². The van der Waals surface area contributed by atoms with Gasteiger partial charge in [-0.15, -0.1) is 0 Å². The molecule has 0 amide bonds. The van der Waals surface area contributed by atoms with Gasteiger partial charge in [0.05, 0.1) is 11.9 Å². The fourth-order valence-corrected chi connectivity index (χ4v) is 2.35. The summed E-state index contributed by atoms with van der Waals surface area (Å²) in [5.74, 6) is 1.55. The van der Waals surface area contributed by atoms with Gasteiger partial charge in [-0.3, -0.25) is 4.79 Å². The molecule has 1 aliphatic rings. The quantitative estimate of drug-likeness (QED) is 0.756. The first-order valence-corrected chi connectivity index (χ1v) is 5.90. The van der Waals surface area contributed by atoms with Crippen LogP contribution in [0.1, 0.15) is 67.2 Å². The van der Waals surface area contributed by atoms with Gasteiger partial charge in [-0.1, -0.05) is 32.1 Å². The molecule has 1 saturated carbocycles. The second-order valence-corrected chi connectivity index (χ2v) is 4.38. The molecule has 0 radical (unpaired) electrons. The Morgan fingerprint density at radius 2 is 1.87 bits per heavy atom. The van der Waals surface area contributed by atoms with Gasteiger partial charge in [-0.25, -0.2) is 4.98 Å². The molecule has 15 heavy (non-hydrogen) atoms. The third-order valence-electron chi connectivity index (χ3n) is 3.23. The number of aromatic amines is 1. The monoisotopic (exact) mass is 206 g/mol. The van der Waals surface area contributed by atoms with Crippen molar-refractivity contribution in [3.8, 4) is 0 Å². The van der Waals surface area contributed by atoms with Crippen LogP contribution in [0.5, 0.6) is 0 Å². The van der Waals surface area contributed by atoms with Gasteiger partial charge in [0, 0.05) is 5.92 Å². The van der Waals surface area contributed by atoms with Crippen LogP contribution in [0.3, 0.4) is 0 Å². The standard InChI is InChI=1S/C12H18N2O/c15-9-11-8-13-12(14-11)10-6-4-2-1-3-5-7-10/h8-10H,1-7H2,(H,13,14). The number of aldehydes is 1. The maximum Gasteiger partial charge on any atom is 0.167 e. The number of nitrogens with one attached hydrogen (secondary N) is 1. The van der Waals surface area contributed by atoms with Crippen molar-refractivity contribution in [1.82, 2.24) is 9.97 Å². The summed E-state index contributed by atoms with van der Waals surface area (Å²) in [6.07, 6.45) is 11.6. The van der Waals surface area contributed by atoms with Crippen LogP contribution in [0, 0.1) is 0 Å². The molecule has 0 spiro atoms. The summed E-state index contributed by atoms with van der Waals surface area (Å²) in [5, 5.41) is 0. The van der Waals surface area contributed by atoms with E-state index in [0.717, 1.165) is 12.1 Å². The van der Waals surface area contributed by atoms with Gasteiger partial charge in [-0.05, 0) is 12.8 Å². The minimum absolute atomic E-state index is 0.541. The lowest BCUT2D eigenvalue weighted by Gasteiger charge is -2.17. The summed E-state index contributed by atoms with van der Waals surface area (Å²) in [5.41, 5.74) is 0.604. The first-order valence-electron chi connectivity index (χ1n) is 5.90. The maximum atomic E-state index is 10.6. The lowest BCUT2D eigenvalue weighted by Crippen LogP contribution is -2.04. The molecule has 1 aliphatic carbocycles. The molecule has 0 bridgehead atoms. The van der Waals surface area contributed by atoms with Crippen LogP contribution in [0.4, 0.5) is 0 Å². The molecule has 0 aromatic carbocycles. The summed E-state index contributed by atoms with van der Waals surface area (Å²) in [6, 6.07) is 0. The van der Waals surface area contributed by atoms with E-state index in [1.807, 2.05) is 0 Å². The van der Waals surface area contributed by atoms with Gasteiger partial charge in [0.25, 0.3) is 0 Å². The largest absolute Gasteiger partial charge is 0.340 e. The zero-order valence-corrected chi connectivity index (χ0v) is 9.04. The number of imidazole rings is 1. The van der Waals surface area contributed by atoms with Crippen molar-refractivity contribution in [1.29, 1.82) is 0 Å². The minimum atomic E-state index is 0.541. The summed E-state index contributed by atoms with van der Waals surface area (Å²) < 4.78 is 0. The Bertz CT molecular complexity index is 311. The van der Waals surface area contributed by atoms with Crippen LogP contribution >= 0.6 is 0 Å². The van der Waals surface area contributed by atoms with Crippen molar-refractivity contribution in [2.24, 2.45) is 0 Å². The summed E-state index contributed by atoms with van der Waals surface area (Å²) >= 11 is 0. The number of carbonyl (C=O) groups excluding carboxylic acids is 1. The molecule has 1 heterocycles. The van der Waals surface area contributed by atoms with E-state index in [4.69, 9.17) is 0 Å². The van der Waals surface area contributed by atoms with Crippen molar-refractivity contribution in [2.45, 2.75) is 50.9 Å². The van der Waals surface area contributed by atoms with Crippen LogP contribution in [-0.4, -0.2) is 16.3 Å². The number of carbonyl (C=O) groups is 1. The predicted molar refractivity (Wildman–Crippen MR) is 59.0 cm³/mol. The Labute approximate surface area is 90.3 Å². The molecule has 0 unspecified atom stereocenters. The van der Waals surface area contributed by atoms with E-state index in [9.17, 15) is 4.79 Å². The Balaban J connectivity index is 2.03. The van der Waals surface area contributed by atoms with E-state index in [1.165, 1.54) is 44.9 Å². The van der Waals surface area contributed by atoms with E-state index in [2.05, 4.69) is 9.97 Å². The number of H-pyrrole nitrogens is 1. The van der Waals surface area contributed by atoms with Gasteiger partial charge < -0.3 is 4.98 Å². The Morgan fingerprint density at radius 3 is 2.47 bits per heavy atom. The fraction of sp³-hybridized carbons (Fsp3) is 0.667. The van der Waals surface area contributed by atoms with E-state index < -0.39 is 0 Å². The molecule has 1 aromatic rings. The molecular formula is C12H18N2O. The van der Waals surface area contributed by atoms with Gasteiger partial charge >= 0.3 is 0 Å². The van der Waals surface area contributed by atoms with Crippen molar-refractivity contribution in [3.63, 3.8) is 0 Å². The highest BCUT2D eigenvalue weighted by molar-refractivity contribution is 5.71. The molecule has 0 saturated heterocycles. The minimum Gasteiger partial charge on any atom is -0.340 e. The molecule has 1 N–H and O–H groups in total. The summed E-state index contributed by atoms with van der Waals surface area (Å²) in [6.45, 7) is 0. The van der Waals surface area contributed by atoms with Crippen LogP contribution < -0.4 is 0 Å². The Morgan fingerprint density at radius 1 is 1.20 bits per heavy atom. The second-order valence-electron chi connectivity index (χ2n) is 4.38. The van der Waals surface area contributed by atoms with Crippen molar-refractivity contribution < 1.29 is 4.79 Å². The van der Waals surface area contributed by atoms with Crippen molar-refractivity contribution in [3.05, 3.63) is 17.7 Å². The molecule has 3 heteroatoms. The van der Waals surface area contributed by atoms with Crippen molar-refractivity contribution in [2.75, 3.05) is 0 Å². The SMILES string of the molecule is O=Cc1cnc(C2CCCCCCC2)[nH]1. The van der Waals surface area contributed by atoms with Gasteiger partial charge in [0.15, 0.2) is 6.29 Å². The normalized spacial score (nSPS) is 19.5. The van der Waals surface area contributed by atoms with Crippen molar-refractivity contribution >= 4 is 6.29 Å². The smallest absolute Gasteiger partial charge is 0.167 e. The number of rotatable bonds is 2. The van der Waals surface area contributed by atoms with Crippen LogP contribution in [0.25, 0.3) is 0 Å². The lowest BCUT2D eigenvalue weighted by atomic mass is 9.91. The second kappa shape index (κ2) is 5.10. The molecule has 0 aliphatic heterocycles. The lowest BCUT2D eigenvalue weighted by molar-refractivity contribution is 0.111. The van der Waals surface area contributed by atoms with Gasteiger partial charge in [0.1, 0.15) is 5.82 Å². The van der Waals surface area contributed by atoms with Crippen LogP contribution in [0.15, 0.2) is 6.20 Å². The zero-order chi connectivity index (χ0) is 10.5. The summed E-state index contributed by atoms with van der Waals surface area (Å²) in [4.78, 5) is 18.0. The molecule has 1 fully saturated rings. The zero-order valence-electron chi connectivity index (χ0n) is 9.04. The topological polar surface area (TPSA) is 45.8 Å². The molecule has 1 aromatic heterocycles. The van der Waals surface area contributed by atoms with Gasteiger partial charge in [-0.2, -0.15) is 0 Å². The third kappa shape index (κ3) is 2.67. The van der Waals surface area contributed by atoms with E-state index in [0.29, 0.717) is 11.6 Å². The Hall–Kier alpha value is -1.12. The molecule has 3 nitrogen and oxygen atoms in total. The van der Waals surface area contributed by atoms with Gasteiger partial charge in [0.2, 0.25) is 0 Å². The van der Waals surface area contributed by atoms with E-state index in [-0.39, 0.29) is 0 Å². The molecule has 0 atom stereocenters. The Kier molecular flexibility index (Phi) is 3.54.